The number of hydrogen-bond donors (Lipinski definition) is 1. The molecule has 0 saturated carbocycles. The molecule has 0 atom stereocenters. The van der Waals surface area contributed by atoms with Crippen LogP contribution in [0.25, 0.3) is 0 Å². The number of alkyl halides is 2. The fraction of sp³-hybridized carbons (Fsp3) is 0.600. The Morgan fingerprint density at radius 1 is 0.774 bits per heavy atom. The molecule has 0 saturated heterocycles. The third-order valence-electron chi connectivity index (χ3n) is 2.52. The lowest BCUT2D eigenvalue weighted by atomic mass is 10.2. The maximum absolute atomic E-state index is 11.2. The number of carbonyl (C=O) groups excluding carboxylic acids is 4. The number of aliphatic hydroxyl groups excluding tert-OH is 1. The highest BCUT2D eigenvalue weighted by atomic mass is 79.9. The molecule has 31 heavy (non-hydrogen) atoms. The molecule has 0 aliphatic heterocycles. The smallest absolute Gasteiger partial charge is 0.333 e. The van der Waals surface area contributed by atoms with Crippen molar-refractivity contribution in [2.24, 2.45) is 0 Å². The average molecular weight is 639 g/mol. The topological polar surface area (TPSA) is 116 Å². The first kappa shape index (κ1) is 34.6. The molecule has 0 aromatic heterocycles. The van der Waals surface area contributed by atoms with Gasteiger partial charge in [0.15, 0.2) is 0 Å². The van der Waals surface area contributed by atoms with Crippen molar-refractivity contribution in [3.05, 3.63) is 24.3 Å². The van der Waals surface area contributed by atoms with Crippen LogP contribution in [0.5, 0.6) is 0 Å². The van der Waals surface area contributed by atoms with Crippen molar-refractivity contribution >= 4 is 70.4 Å². The molecule has 0 radical (unpaired) electrons. The van der Waals surface area contributed by atoms with Crippen LogP contribution < -0.4 is 0 Å². The monoisotopic (exact) mass is 636 g/mol. The Bertz CT molecular complexity index is 631. The summed E-state index contributed by atoms with van der Waals surface area (Å²) in [6.45, 7) is 16.8. The van der Waals surface area contributed by atoms with Crippen LogP contribution in [0.3, 0.4) is 0 Å². The van der Waals surface area contributed by atoms with Gasteiger partial charge < -0.3 is 19.3 Å². The van der Waals surface area contributed by atoms with Crippen molar-refractivity contribution in [2.75, 3.05) is 26.4 Å². The predicted octanol–water partition coefficient (Wildman–Crippen LogP) is 4.00. The van der Waals surface area contributed by atoms with Gasteiger partial charge in [-0.15, -0.1) is 0 Å². The van der Waals surface area contributed by atoms with Gasteiger partial charge in [-0.2, -0.15) is 0 Å². The lowest BCUT2D eigenvalue weighted by Gasteiger charge is -2.14. The zero-order chi connectivity index (χ0) is 25.4. The number of carbonyl (C=O) groups is 4. The van der Waals surface area contributed by atoms with E-state index in [4.69, 9.17) is 14.6 Å². The largest absolute Gasteiger partial charge is 0.461 e. The van der Waals surface area contributed by atoms with Gasteiger partial charge in [-0.1, -0.05) is 45.0 Å². The molecule has 0 rings (SSSR count). The van der Waals surface area contributed by atoms with Gasteiger partial charge >= 0.3 is 17.9 Å². The predicted molar refractivity (Wildman–Crippen MR) is 130 cm³/mol. The third kappa shape index (κ3) is 23.5. The van der Waals surface area contributed by atoms with Crippen LogP contribution in [-0.2, 0) is 33.4 Å². The summed E-state index contributed by atoms with van der Waals surface area (Å²) in [6.07, 6.45) is 0. The van der Waals surface area contributed by atoms with Gasteiger partial charge in [0.05, 0.1) is 10.9 Å². The lowest BCUT2D eigenvalue weighted by molar-refractivity contribution is -0.151. The summed E-state index contributed by atoms with van der Waals surface area (Å²) in [5.41, 5.74) is 0.672. The molecule has 0 spiro atoms. The van der Waals surface area contributed by atoms with Gasteiger partial charge in [0.25, 0.3) is 0 Å². The van der Waals surface area contributed by atoms with Crippen molar-refractivity contribution in [1.29, 1.82) is 0 Å². The van der Waals surface area contributed by atoms with Gasteiger partial charge in [0.2, 0.25) is 4.69 Å². The minimum Gasteiger partial charge on any atom is -0.461 e. The molecule has 0 unspecified atom stereocenters. The molecule has 0 amide bonds. The first-order valence-electron chi connectivity index (χ1n) is 8.89. The Morgan fingerprint density at radius 3 is 1.35 bits per heavy atom. The first-order valence-corrected chi connectivity index (χ1v) is 11.3. The molecule has 0 aromatic carbocycles. The van der Waals surface area contributed by atoms with E-state index < -0.39 is 26.6 Å². The second-order valence-corrected chi connectivity index (χ2v) is 11.6. The molecule has 0 bridgehead atoms. The number of esters is 3. The van der Waals surface area contributed by atoms with Crippen LogP contribution >= 0.6 is 47.8 Å². The Morgan fingerprint density at radius 2 is 1.10 bits per heavy atom. The van der Waals surface area contributed by atoms with Crippen molar-refractivity contribution in [3.8, 4) is 0 Å². The van der Waals surface area contributed by atoms with E-state index in [0.29, 0.717) is 11.1 Å². The van der Waals surface area contributed by atoms with Crippen LogP contribution in [0, 0.1) is 0 Å². The summed E-state index contributed by atoms with van der Waals surface area (Å²) in [7, 11) is 0. The van der Waals surface area contributed by atoms with Gasteiger partial charge in [-0.25, -0.2) is 9.59 Å². The molecule has 180 valence electrons. The summed E-state index contributed by atoms with van der Waals surface area (Å²) in [5, 5.41) is 8.19. The van der Waals surface area contributed by atoms with E-state index in [2.05, 4.69) is 65.7 Å². The maximum atomic E-state index is 11.2. The molecule has 0 heterocycles. The van der Waals surface area contributed by atoms with Crippen LogP contribution in [0.1, 0.15) is 41.5 Å². The molecule has 0 aliphatic rings. The first-order chi connectivity index (χ1) is 13.9. The van der Waals surface area contributed by atoms with Crippen molar-refractivity contribution < 1.29 is 38.5 Å². The molecule has 0 aromatic rings. The lowest BCUT2D eigenvalue weighted by Crippen LogP contribution is -2.28. The zero-order valence-electron chi connectivity index (χ0n) is 18.7. The normalized spacial score (nSPS) is 10.3. The van der Waals surface area contributed by atoms with E-state index in [1.807, 2.05) is 0 Å². The number of ether oxygens (including phenoxy) is 3. The van der Waals surface area contributed by atoms with Crippen molar-refractivity contribution in [3.63, 3.8) is 0 Å². The molecule has 8 nitrogen and oxygen atoms in total. The molecule has 11 heteroatoms. The fourth-order valence-corrected chi connectivity index (χ4v) is 0.940. The van der Waals surface area contributed by atoms with Crippen molar-refractivity contribution in [1.82, 2.24) is 0 Å². The Hall–Kier alpha value is -1.04. The SMILES string of the molecule is C=C(C)C(=O)OCCO.C=C(C)C(=O)OCCOC(=O)C(C)(C)Br.CC(C)(Br)C(=O)Br. The number of rotatable bonds is 9. The standard InChI is InChI=1S/C10H15BrO4.C6H10O3.C4H6Br2O/c1-7(2)8(12)14-5-6-15-9(13)10(3,4)11;1-5(2)6(8)9-4-3-7;1-4(2,6)3(5)7/h1,5-6H2,2-4H3;7H,1,3-4H2,2H3;1-2H3. The molecule has 0 aliphatic carbocycles. The van der Waals surface area contributed by atoms with Gasteiger partial charge in [0, 0.05) is 11.1 Å². The van der Waals surface area contributed by atoms with E-state index >= 15 is 0 Å². The van der Waals surface area contributed by atoms with Crippen LogP contribution in [0.4, 0.5) is 0 Å². The van der Waals surface area contributed by atoms with Crippen LogP contribution in [0.2, 0.25) is 0 Å². The maximum Gasteiger partial charge on any atom is 0.333 e. The summed E-state index contributed by atoms with van der Waals surface area (Å²) >= 11 is 9.11. The number of aliphatic hydroxyl groups is 1. The summed E-state index contributed by atoms with van der Waals surface area (Å²) < 4.78 is 12.9. The number of hydrogen-bond acceptors (Lipinski definition) is 8. The molecule has 1 N–H and O–H groups in total. The van der Waals surface area contributed by atoms with E-state index in [0.717, 1.165) is 0 Å². The van der Waals surface area contributed by atoms with Gasteiger partial charge in [0.1, 0.15) is 24.1 Å². The minimum absolute atomic E-state index is 0.0278. The fourth-order valence-electron chi connectivity index (χ4n) is 0.825. The summed E-state index contributed by atoms with van der Waals surface area (Å²) in [5.74, 6) is -1.33. The van der Waals surface area contributed by atoms with E-state index in [9.17, 15) is 19.2 Å². The second kappa shape index (κ2) is 17.5. The minimum atomic E-state index is -0.717. The Balaban J connectivity index is -0.000000417. The third-order valence-corrected chi connectivity index (χ3v) is 4.73. The quantitative estimate of drug-likeness (QED) is 0.101. The van der Waals surface area contributed by atoms with E-state index in [1.54, 1.807) is 41.5 Å². The summed E-state index contributed by atoms with van der Waals surface area (Å²) in [6, 6.07) is 0. The highest BCUT2D eigenvalue weighted by molar-refractivity contribution is 9.20. The molecule has 0 fully saturated rings. The Kier molecular flexibility index (Phi) is 19.5. The van der Waals surface area contributed by atoms with Crippen LogP contribution in [-0.4, -0.2) is 62.8 Å². The molecular formula is C20H31Br3O8. The highest BCUT2D eigenvalue weighted by Crippen LogP contribution is 2.19. The van der Waals surface area contributed by atoms with Crippen LogP contribution in [0.15, 0.2) is 24.3 Å². The second-order valence-electron chi connectivity index (χ2n) is 6.91. The Labute approximate surface area is 209 Å². The van der Waals surface area contributed by atoms with Gasteiger partial charge in [-0.05, 0) is 57.5 Å². The number of halogens is 3. The van der Waals surface area contributed by atoms with E-state index in [1.165, 1.54) is 0 Å². The van der Waals surface area contributed by atoms with Gasteiger partial charge in [-0.3, -0.25) is 9.59 Å². The zero-order valence-corrected chi connectivity index (χ0v) is 23.4. The van der Waals surface area contributed by atoms with E-state index in [-0.39, 0.29) is 31.1 Å². The highest BCUT2D eigenvalue weighted by Gasteiger charge is 2.25. The molecular weight excluding hydrogens is 608 g/mol. The summed E-state index contributed by atoms with van der Waals surface area (Å²) in [4.78, 5) is 42.9. The average Bonchev–Trinajstić information content (AvgIpc) is 2.61. The van der Waals surface area contributed by atoms with Crippen molar-refractivity contribution in [2.45, 2.75) is 50.2 Å².